The summed E-state index contributed by atoms with van der Waals surface area (Å²) >= 11 is 0. The molecular formula is C17H34O4. The summed E-state index contributed by atoms with van der Waals surface area (Å²) in [5, 5.41) is 28.5. The van der Waals surface area contributed by atoms with E-state index in [1.54, 1.807) is 0 Å². The second-order valence-corrected chi connectivity index (χ2v) is 6.35. The molecule has 3 N–H and O–H groups in total. The van der Waals surface area contributed by atoms with Gasteiger partial charge in [0.1, 0.15) is 18.3 Å². The lowest BCUT2D eigenvalue weighted by Gasteiger charge is -2.14. The molecule has 1 heterocycles. The van der Waals surface area contributed by atoms with Crippen LogP contribution in [0.15, 0.2) is 0 Å². The predicted octanol–water partition coefficient (Wildman–Crippen LogP) is 2.78. The molecule has 1 fully saturated rings. The van der Waals surface area contributed by atoms with Crippen molar-refractivity contribution >= 4 is 0 Å². The molecule has 0 aliphatic carbocycles. The third kappa shape index (κ3) is 7.09. The number of hydrogen-bond donors (Lipinski definition) is 3. The standard InChI is InChI=1S/C17H34O4/c1-2-3-4-5-6-7-8-9-10-11-12-14-16(19)17(20)15(13-18)21-14/h14-20H,2-13H2,1H3/t14?,15-,16+,17-/m1/s1. The van der Waals surface area contributed by atoms with Crippen molar-refractivity contribution in [2.45, 2.75) is 102 Å². The zero-order chi connectivity index (χ0) is 15.5. The maximum Gasteiger partial charge on any atom is 0.111 e. The van der Waals surface area contributed by atoms with E-state index in [1.807, 2.05) is 0 Å². The van der Waals surface area contributed by atoms with E-state index < -0.39 is 18.3 Å². The van der Waals surface area contributed by atoms with Crippen LogP contribution < -0.4 is 0 Å². The minimum absolute atomic E-state index is 0.229. The van der Waals surface area contributed by atoms with Crippen LogP contribution in [-0.4, -0.2) is 46.3 Å². The smallest absolute Gasteiger partial charge is 0.111 e. The van der Waals surface area contributed by atoms with Crippen molar-refractivity contribution in [2.24, 2.45) is 0 Å². The van der Waals surface area contributed by atoms with Gasteiger partial charge in [-0.1, -0.05) is 71.1 Å². The lowest BCUT2D eigenvalue weighted by molar-refractivity contribution is -0.0246. The van der Waals surface area contributed by atoms with Gasteiger partial charge in [-0.15, -0.1) is 0 Å². The second-order valence-electron chi connectivity index (χ2n) is 6.35. The monoisotopic (exact) mass is 302 g/mol. The number of rotatable bonds is 12. The third-order valence-corrected chi connectivity index (χ3v) is 4.48. The topological polar surface area (TPSA) is 69.9 Å². The Morgan fingerprint density at radius 3 is 1.67 bits per heavy atom. The first-order chi connectivity index (χ1) is 10.2. The molecule has 4 nitrogen and oxygen atoms in total. The lowest BCUT2D eigenvalue weighted by Crippen LogP contribution is -2.33. The molecule has 1 saturated heterocycles. The van der Waals surface area contributed by atoms with Crippen molar-refractivity contribution in [3.63, 3.8) is 0 Å². The Balaban J connectivity index is 1.93. The van der Waals surface area contributed by atoms with E-state index in [2.05, 4.69) is 6.92 Å². The zero-order valence-electron chi connectivity index (χ0n) is 13.5. The average Bonchev–Trinajstić information content (AvgIpc) is 2.77. The van der Waals surface area contributed by atoms with Gasteiger partial charge in [0.25, 0.3) is 0 Å². The van der Waals surface area contributed by atoms with Crippen molar-refractivity contribution in [1.82, 2.24) is 0 Å². The van der Waals surface area contributed by atoms with Crippen molar-refractivity contribution in [3.8, 4) is 0 Å². The van der Waals surface area contributed by atoms with Gasteiger partial charge in [0.05, 0.1) is 12.7 Å². The van der Waals surface area contributed by atoms with Crippen molar-refractivity contribution in [3.05, 3.63) is 0 Å². The molecule has 1 aliphatic heterocycles. The molecule has 0 spiro atoms. The minimum atomic E-state index is -0.942. The van der Waals surface area contributed by atoms with Crippen molar-refractivity contribution < 1.29 is 20.1 Å². The van der Waals surface area contributed by atoms with Crippen LogP contribution in [-0.2, 0) is 4.74 Å². The molecule has 0 saturated carbocycles. The van der Waals surface area contributed by atoms with Gasteiger partial charge in [-0.05, 0) is 6.42 Å². The number of hydrogen-bond acceptors (Lipinski definition) is 4. The second kappa shape index (κ2) is 11.4. The Bertz CT molecular complexity index is 247. The SMILES string of the molecule is CCCCCCCCCCCCC1O[C@H](CO)[C@@H](O)[C@H]1O. The first-order valence-electron chi connectivity index (χ1n) is 8.83. The molecule has 1 unspecified atom stereocenters. The highest BCUT2D eigenvalue weighted by Crippen LogP contribution is 2.25. The molecule has 0 aromatic rings. The van der Waals surface area contributed by atoms with Gasteiger partial charge in [0.15, 0.2) is 0 Å². The summed E-state index contributed by atoms with van der Waals surface area (Å²) in [6.07, 6.45) is 10.9. The van der Waals surface area contributed by atoms with Crippen molar-refractivity contribution in [2.75, 3.05) is 6.61 Å². The van der Waals surface area contributed by atoms with E-state index in [1.165, 1.54) is 51.4 Å². The minimum Gasteiger partial charge on any atom is -0.394 e. The van der Waals surface area contributed by atoms with E-state index in [9.17, 15) is 10.2 Å². The van der Waals surface area contributed by atoms with Crippen LogP contribution in [0.5, 0.6) is 0 Å². The summed E-state index contributed by atoms with van der Waals surface area (Å²) in [6.45, 7) is 2.01. The average molecular weight is 302 g/mol. The fourth-order valence-corrected chi connectivity index (χ4v) is 3.05. The van der Waals surface area contributed by atoms with E-state index >= 15 is 0 Å². The maximum atomic E-state index is 9.82. The molecular weight excluding hydrogens is 268 g/mol. The lowest BCUT2D eigenvalue weighted by atomic mass is 10.0. The van der Waals surface area contributed by atoms with E-state index in [-0.39, 0.29) is 12.7 Å². The van der Waals surface area contributed by atoms with Crippen LogP contribution in [0.2, 0.25) is 0 Å². The molecule has 21 heavy (non-hydrogen) atoms. The Morgan fingerprint density at radius 2 is 1.19 bits per heavy atom. The molecule has 4 heteroatoms. The number of ether oxygens (including phenoxy) is 1. The molecule has 0 amide bonds. The Hall–Kier alpha value is -0.160. The maximum absolute atomic E-state index is 9.82. The quantitative estimate of drug-likeness (QED) is 0.485. The predicted molar refractivity (Wildman–Crippen MR) is 84.2 cm³/mol. The summed E-state index contributed by atoms with van der Waals surface area (Å²) in [7, 11) is 0. The van der Waals surface area contributed by atoms with Crippen molar-refractivity contribution in [1.29, 1.82) is 0 Å². The third-order valence-electron chi connectivity index (χ3n) is 4.48. The molecule has 4 atom stereocenters. The highest BCUT2D eigenvalue weighted by molar-refractivity contribution is 4.90. The largest absolute Gasteiger partial charge is 0.394 e. The zero-order valence-corrected chi connectivity index (χ0v) is 13.5. The summed E-state index contributed by atoms with van der Waals surface area (Å²) in [5.74, 6) is 0. The Labute approximate surface area is 129 Å². The van der Waals surface area contributed by atoms with Crippen LogP contribution in [0.3, 0.4) is 0 Å². The Kier molecular flexibility index (Phi) is 10.3. The molecule has 126 valence electrons. The highest BCUT2D eigenvalue weighted by atomic mass is 16.6. The summed E-state index contributed by atoms with van der Waals surface area (Å²) in [5.41, 5.74) is 0. The fourth-order valence-electron chi connectivity index (χ4n) is 3.05. The van der Waals surface area contributed by atoms with Crippen LogP contribution in [0.25, 0.3) is 0 Å². The normalized spacial score (nSPS) is 29.1. The summed E-state index contributed by atoms with van der Waals surface area (Å²) in [4.78, 5) is 0. The molecule has 0 aromatic heterocycles. The summed E-state index contributed by atoms with van der Waals surface area (Å²) in [6, 6.07) is 0. The molecule has 0 radical (unpaired) electrons. The molecule has 1 rings (SSSR count). The van der Waals surface area contributed by atoms with E-state index in [0.29, 0.717) is 0 Å². The number of unbranched alkanes of at least 4 members (excludes halogenated alkanes) is 9. The van der Waals surface area contributed by atoms with Crippen LogP contribution >= 0.6 is 0 Å². The molecule has 0 aromatic carbocycles. The van der Waals surface area contributed by atoms with Gasteiger partial charge in [0.2, 0.25) is 0 Å². The van der Waals surface area contributed by atoms with E-state index in [4.69, 9.17) is 9.84 Å². The fraction of sp³-hybridized carbons (Fsp3) is 1.00. The van der Waals surface area contributed by atoms with Gasteiger partial charge in [-0.2, -0.15) is 0 Å². The van der Waals surface area contributed by atoms with Gasteiger partial charge < -0.3 is 20.1 Å². The van der Waals surface area contributed by atoms with Crippen LogP contribution in [0.4, 0.5) is 0 Å². The molecule has 0 bridgehead atoms. The molecule has 1 aliphatic rings. The van der Waals surface area contributed by atoms with Gasteiger partial charge in [-0.3, -0.25) is 0 Å². The van der Waals surface area contributed by atoms with Crippen LogP contribution in [0, 0.1) is 0 Å². The number of aliphatic hydroxyl groups is 3. The Morgan fingerprint density at radius 1 is 0.714 bits per heavy atom. The summed E-state index contributed by atoms with van der Waals surface area (Å²) < 4.78 is 5.47. The van der Waals surface area contributed by atoms with Crippen LogP contribution in [0.1, 0.15) is 77.6 Å². The number of aliphatic hydroxyl groups excluding tert-OH is 3. The first kappa shape index (κ1) is 18.9. The van der Waals surface area contributed by atoms with E-state index in [0.717, 1.165) is 19.3 Å². The van der Waals surface area contributed by atoms with Gasteiger partial charge >= 0.3 is 0 Å². The highest BCUT2D eigenvalue weighted by Gasteiger charge is 2.41. The van der Waals surface area contributed by atoms with Gasteiger partial charge in [-0.25, -0.2) is 0 Å². The van der Waals surface area contributed by atoms with Gasteiger partial charge in [0, 0.05) is 0 Å². The first-order valence-corrected chi connectivity index (χ1v) is 8.83.